The van der Waals surface area contributed by atoms with E-state index in [4.69, 9.17) is 17.8 Å². The van der Waals surface area contributed by atoms with E-state index in [0.717, 1.165) is 6.42 Å². The fourth-order valence-electron chi connectivity index (χ4n) is 6.56. The van der Waals surface area contributed by atoms with Gasteiger partial charge >= 0.3 is 0 Å². The predicted molar refractivity (Wildman–Crippen MR) is 155 cm³/mol. The van der Waals surface area contributed by atoms with Crippen molar-refractivity contribution in [2.45, 2.75) is 47.8 Å². The highest BCUT2D eigenvalue weighted by Crippen LogP contribution is 2.75. The molecule has 2 saturated carbocycles. The number of Topliss-reactive ketones (excluding diaryl/α,β-unsaturated/α-hetero) is 1. The molecule has 2 bridgehead atoms. The summed E-state index contributed by atoms with van der Waals surface area (Å²) in [6.45, 7) is 4.05. The third kappa shape index (κ3) is 4.39. The number of ether oxygens (including phenoxy) is 3. The van der Waals surface area contributed by atoms with Crippen LogP contribution in [0, 0.1) is 16.7 Å². The van der Waals surface area contributed by atoms with Crippen molar-refractivity contribution in [1.82, 2.24) is 0 Å². The second-order valence-electron chi connectivity index (χ2n) is 11.0. The second-order valence-corrected chi connectivity index (χ2v) is 15.4. The number of methoxy groups -OCH3 is 3. The van der Waals surface area contributed by atoms with Crippen LogP contribution in [0.15, 0.2) is 87.5 Å². The lowest BCUT2D eigenvalue weighted by Crippen LogP contribution is -2.42. The largest absolute Gasteiger partial charge is 0.496 e. The molecule has 40 heavy (non-hydrogen) atoms. The second kappa shape index (κ2) is 10.4. The lowest BCUT2D eigenvalue weighted by molar-refractivity contribution is -0.128. The van der Waals surface area contributed by atoms with Gasteiger partial charge in [-0.15, -0.1) is 0 Å². The third-order valence-corrected chi connectivity index (χ3v) is 14.2. The molecule has 0 N–H and O–H groups in total. The van der Waals surface area contributed by atoms with Crippen molar-refractivity contribution >= 4 is 26.2 Å². The average Bonchev–Trinajstić information content (AvgIpc) is 3.30. The summed E-state index contributed by atoms with van der Waals surface area (Å²) in [6, 6.07) is 22.0. The minimum Gasteiger partial charge on any atom is -0.496 e. The van der Waals surface area contributed by atoms with Gasteiger partial charge in [-0.3, -0.25) is 4.79 Å². The molecule has 0 spiro atoms. The first-order valence-electron chi connectivity index (χ1n) is 13.3. The molecule has 7 nitrogen and oxygen atoms in total. The highest BCUT2D eigenvalue weighted by atomic mass is 32.3. The Labute approximate surface area is 238 Å². The number of fused-ring (bicyclic) bond motifs is 2. The Morgan fingerprint density at radius 3 is 1.75 bits per heavy atom. The Bertz CT molecular complexity index is 1440. The van der Waals surface area contributed by atoms with E-state index in [9.17, 15) is 13.2 Å². The summed E-state index contributed by atoms with van der Waals surface area (Å²) in [5.41, 5.74) is -1.42. The number of hydrogen-bond donors (Lipinski definition) is 0. The van der Waals surface area contributed by atoms with Crippen LogP contribution in [0.2, 0.25) is 0 Å². The molecule has 2 fully saturated rings. The quantitative estimate of drug-likeness (QED) is 0.264. The zero-order valence-corrected chi connectivity index (χ0v) is 25.1. The van der Waals surface area contributed by atoms with Gasteiger partial charge in [-0.1, -0.05) is 50.2 Å². The highest BCUT2D eigenvalue weighted by molar-refractivity contribution is 8.33. The first-order valence-corrected chi connectivity index (χ1v) is 16.4. The van der Waals surface area contributed by atoms with Crippen molar-refractivity contribution in [2.75, 3.05) is 27.1 Å². The van der Waals surface area contributed by atoms with Crippen LogP contribution in [0.4, 0.5) is 0 Å². The number of carbonyl (C=O) groups excluding carboxylic acids is 1. The molecule has 0 aromatic heterocycles. The molecule has 3 aromatic rings. The van der Waals surface area contributed by atoms with E-state index < -0.39 is 31.3 Å². The Balaban J connectivity index is 1.79. The maximum absolute atomic E-state index is 14.4. The van der Waals surface area contributed by atoms with Gasteiger partial charge in [0.15, 0.2) is 0 Å². The number of carbonyl (C=O) groups is 1. The van der Waals surface area contributed by atoms with E-state index in [1.807, 2.05) is 74.5 Å². The van der Waals surface area contributed by atoms with Crippen LogP contribution < -0.4 is 14.2 Å². The summed E-state index contributed by atoms with van der Waals surface area (Å²) >= 11 is 0. The van der Waals surface area contributed by atoms with Crippen molar-refractivity contribution in [1.29, 1.82) is 0 Å². The minimum atomic E-state index is -4.31. The summed E-state index contributed by atoms with van der Waals surface area (Å²) in [5, 5.41) is 0. The predicted octanol–water partition coefficient (Wildman–Crippen LogP) is 6.65. The molecule has 2 atom stereocenters. The third-order valence-electron chi connectivity index (χ3n) is 8.88. The first-order chi connectivity index (χ1) is 19.0. The van der Waals surface area contributed by atoms with E-state index in [0.29, 0.717) is 44.8 Å². The average molecular weight is 585 g/mol. The van der Waals surface area contributed by atoms with Crippen molar-refractivity contribution in [3.8, 4) is 17.2 Å². The molecule has 5 rings (SSSR count). The van der Waals surface area contributed by atoms with E-state index >= 15 is 0 Å². The molecule has 2 unspecified atom stereocenters. The number of rotatable bonds is 10. The first kappa shape index (κ1) is 28.5. The summed E-state index contributed by atoms with van der Waals surface area (Å²) in [6.07, 6.45) is 1.79. The normalized spacial score (nSPS) is 22.2. The van der Waals surface area contributed by atoms with Crippen LogP contribution in [0.5, 0.6) is 17.2 Å². The Hall–Kier alpha value is -3.01. The van der Waals surface area contributed by atoms with Crippen LogP contribution in [-0.2, 0) is 18.5 Å². The topological polar surface area (TPSA) is 88.1 Å². The monoisotopic (exact) mass is 584 g/mol. The van der Waals surface area contributed by atoms with Crippen LogP contribution in [0.3, 0.4) is 0 Å². The standard InChI is InChI=1S/C31H36O7S2/c1-30(2)22-16-17-31(30,28(32)18-22)21-39(33,34)38-40(24-12-8-6-9-13-24,25-14-10-7-11-15-25)29-26(36-4)19-23(35-3)20-27(29)37-5/h6-15,19-20,22H,16-18,21H2,1-5H3. The van der Waals surface area contributed by atoms with E-state index in [1.54, 1.807) is 12.1 Å². The number of ketones is 1. The molecule has 0 radical (unpaired) electrons. The molecule has 214 valence electrons. The summed E-state index contributed by atoms with van der Waals surface area (Å²) in [7, 11) is -2.76. The Morgan fingerprint density at radius 1 is 0.825 bits per heavy atom. The molecule has 3 aromatic carbocycles. The van der Waals surface area contributed by atoms with Gasteiger partial charge in [-0.25, -0.2) is 3.63 Å². The maximum atomic E-state index is 14.4. The SMILES string of the molecule is COc1cc(OC)c(S(OS(=O)(=O)CC23CCC(CC2=O)C3(C)C)(c2ccccc2)c2ccccc2)c(OC)c1. The fourth-order valence-corrected chi connectivity index (χ4v) is 12.8. The molecule has 0 heterocycles. The molecule has 0 amide bonds. The Kier molecular flexibility index (Phi) is 7.44. The maximum Gasteiger partial charge on any atom is 0.278 e. The van der Waals surface area contributed by atoms with Gasteiger partial charge in [0.25, 0.3) is 10.1 Å². The molecule has 9 heteroatoms. The summed E-state index contributed by atoms with van der Waals surface area (Å²) in [5.74, 6) is 1.04. The molecule has 2 aliphatic carbocycles. The molecular formula is C31H36O7S2. The molecule has 2 aliphatic rings. The van der Waals surface area contributed by atoms with Crippen molar-refractivity contribution in [2.24, 2.45) is 16.7 Å². The minimum absolute atomic E-state index is 0.0144. The number of hydrogen-bond acceptors (Lipinski definition) is 7. The molecule has 0 aliphatic heterocycles. The van der Waals surface area contributed by atoms with Gasteiger partial charge in [-0.05, 0) is 58.7 Å². The fraction of sp³-hybridized carbons (Fsp3) is 0.387. The number of benzene rings is 3. The van der Waals surface area contributed by atoms with Crippen molar-refractivity contribution in [3.05, 3.63) is 72.8 Å². The van der Waals surface area contributed by atoms with Gasteiger partial charge in [0.1, 0.15) is 27.9 Å². The molecule has 0 saturated heterocycles. The molecular weight excluding hydrogens is 548 g/mol. The van der Waals surface area contributed by atoms with Crippen molar-refractivity contribution < 1.29 is 31.1 Å². The Morgan fingerprint density at radius 2 is 1.35 bits per heavy atom. The summed E-state index contributed by atoms with van der Waals surface area (Å²) in [4.78, 5) is 15.1. The van der Waals surface area contributed by atoms with E-state index in [-0.39, 0.29) is 17.5 Å². The van der Waals surface area contributed by atoms with Gasteiger partial charge in [0.2, 0.25) is 0 Å². The van der Waals surface area contributed by atoms with Crippen molar-refractivity contribution in [3.63, 3.8) is 0 Å². The van der Waals surface area contributed by atoms with Crippen LogP contribution in [0.1, 0.15) is 33.1 Å². The van der Waals surface area contributed by atoms with Crippen LogP contribution in [-0.4, -0.2) is 41.3 Å². The van der Waals surface area contributed by atoms with Gasteiger partial charge in [0.05, 0.1) is 32.5 Å². The lowest BCUT2D eigenvalue weighted by atomic mass is 9.70. The van der Waals surface area contributed by atoms with Gasteiger partial charge in [-0.2, -0.15) is 8.42 Å². The van der Waals surface area contributed by atoms with Gasteiger partial charge in [0, 0.05) is 28.3 Å². The summed E-state index contributed by atoms with van der Waals surface area (Å²) < 4.78 is 52.6. The lowest BCUT2D eigenvalue weighted by Gasteiger charge is -2.42. The van der Waals surface area contributed by atoms with E-state index in [2.05, 4.69) is 0 Å². The smallest absolute Gasteiger partial charge is 0.278 e. The zero-order chi connectivity index (χ0) is 28.8. The van der Waals surface area contributed by atoms with Crippen LogP contribution in [0.25, 0.3) is 0 Å². The zero-order valence-electron chi connectivity index (χ0n) is 23.5. The van der Waals surface area contributed by atoms with E-state index in [1.165, 1.54) is 21.3 Å². The van der Waals surface area contributed by atoms with Crippen LogP contribution >= 0.6 is 10.3 Å². The van der Waals surface area contributed by atoms with Gasteiger partial charge < -0.3 is 14.2 Å². The highest BCUT2D eigenvalue weighted by Gasteiger charge is 2.66.